The highest BCUT2D eigenvalue weighted by Gasteiger charge is 2.56. The minimum Gasteiger partial charge on any atom is -0.496 e. The van der Waals surface area contributed by atoms with Crippen LogP contribution in [0.3, 0.4) is 0 Å². The zero-order valence-corrected chi connectivity index (χ0v) is 10.6. The molecule has 2 aliphatic rings. The van der Waals surface area contributed by atoms with Gasteiger partial charge in [-0.3, -0.25) is 4.79 Å². The first kappa shape index (κ1) is 12.4. The summed E-state index contributed by atoms with van der Waals surface area (Å²) >= 11 is 0. The van der Waals surface area contributed by atoms with Crippen molar-refractivity contribution in [2.24, 2.45) is 11.8 Å². The molecule has 6 unspecified atom stereocenters. The quantitative estimate of drug-likeness (QED) is 0.556. The summed E-state index contributed by atoms with van der Waals surface area (Å²) in [4.78, 5) is 11.8. The lowest BCUT2D eigenvalue weighted by Crippen LogP contribution is -2.33. The molecular formula is C13H20O4. The lowest BCUT2D eigenvalue weighted by Gasteiger charge is -2.25. The highest BCUT2D eigenvalue weighted by atomic mass is 16.6. The summed E-state index contributed by atoms with van der Waals surface area (Å²) in [6.07, 6.45) is 1.91. The van der Waals surface area contributed by atoms with Crippen LogP contribution in [0.1, 0.15) is 27.2 Å². The SMILES string of the molecule is C=COC(C)C1OC2C(C)OC(=O)C2C1CC. The van der Waals surface area contributed by atoms with Crippen molar-refractivity contribution in [2.75, 3.05) is 0 Å². The third kappa shape index (κ3) is 1.95. The highest BCUT2D eigenvalue weighted by Crippen LogP contribution is 2.43. The van der Waals surface area contributed by atoms with Gasteiger partial charge in [0.1, 0.15) is 18.3 Å². The number of hydrogen-bond acceptors (Lipinski definition) is 4. The van der Waals surface area contributed by atoms with E-state index < -0.39 is 0 Å². The van der Waals surface area contributed by atoms with Crippen LogP contribution in [0.4, 0.5) is 0 Å². The van der Waals surface area contributed by atoms with Crippen LogP contribution < -0.4 is 0 Å². The second-order valence-electron chi connectivity index (χ2n) is 4.81. The molecule has 2 heterocycles. The van der Waals surface area contributed by atoms with Gasteiger partial charge in [-0.25, -0.2) is 0 Å². The van der Waals surface area contributed by atoms with Crippen LogP contribution in [0, 0.1) is 11.8 Å². The molecule has 96 valence electrons. The first-order chi connectivity index (χ1) is 8.10. The van der Waals surface area contributed by atoms with Crippen molar-refractivity contribution in [3.63, 3.8) is 0 Å². The van der Waals surface area contributed by atoms with E-state index in [0.29, 0.717) is 0 Å². The van der Waals surface area contributed by atoms with Gasteiger partial charge in [0.15, 0.2) is 0 Å². The Morgan fingerprint density at radius 2 is 2.29 bits per heavy atom. The molecule has 4 heteroatoms. The Balaban J connectivity index is 2.16. The van der Waals surface area contributed by atoms with Crippen molar-refractivity contribution in [3.8, 4) is 0 Å². The van der Waals surface area contributed by atoms with Crippen LogP contribution in [0.15, 0.2) is 12.8 Å². The molecule has 0 bridgehead atoms. The summed E-state index contributed by atoms with van der Waals surface area (Å²) in [6.45, 7) is 9.46. The molecule has 4 nitrogen and oxygen atoms in total. The van der Waals surface area contributed by atoms with Crippen molar-refractivity contribution in [3.05, 3.63) is 12.8 Å². The molecule has 0 aliphatic carbocycles. The molecule has 0 aromatic rings. The number of rotatable bonds is 4. The van der Waals surface area contributed by atoms with Crippen molar-refractivity contribution in [1.29, 1.82) is 0 Å². The Bertz CT molecular complexity index is 315. The molecule has 2 fully saturated rings. The van der Waals surface area contributed by atoms with Gasteiger partial charge in [0, 0.05) is 5.92 Å². The monoisotopic (exact) mass is 240 g/mol. The van der Waals surface area contributed by atoms with Crippen LogP contribution in [-0.4, -0.2) is 30.4 Å². The van der Waals surface area contributed by atoms with Crippen LogP contribution in [0.25, 0.3) is 0 Å². The normalized spacial score (nSPS) is 41.8. The average molecular weight is 240 g/mol. The second kappa shape index (κ2) is 4.69. The Hall–Kier alpha value is -1.03. The smallest absolute Gasteiger partial charge is 0.312 e. The number of carbonyl (C=O) groups excluding carboxylic acids is 1. The van der Waals surface area contributed by atoms with Crippen molar-refractivity contribution in [2.45, 2.75) is 51.6 Å². The summed E-state index contributed by atoms with van der Waals surface area (Å²) in [7, 11) is 0. The van der Waals surface area contributed by atoms with E-state index in [9.17, 15) is 4.79 Å². The van der Waals surface area contributed by atoms with Gasteiger partial charge >= 0.3 is 5.97 Å². The molecule has 0 amide bonds. The van der Waals surface area contributed by atoms with Gasteiger partial charge in [-0.1, -0.05) is 13.5 Å². The predicted octanol–water partition coefficient (Wildman–Crippen LogP) is 1.89. The summed E-state index contributed by atoms with van der Waals surface area (Å²) in [5.74, 6) is -0.0779. The Labute approximate surface area is 102 Å². The van der Waals surface area contributed by atoms with E-state index >= 15 is 0 Å². The molecule has 2 rings (SSSR count). The molecule has 2 saturated heterocycles. The largest absolute Gasteiger partial charge is 0.496 e. The number of fused-ring (bicyclic) bond motifs is 1. The molecule has 6 atom stereocenters. The molecule has 0 N–H and O–H groups in total. The predicted molar refractivity (Wildman–Crippen MR) is 62.2 cm³/mol. The summed E-state index contributed by atoms with van der Waals surface area (Å²) in [6, 6.07) is 0. The number of ether oxygens (including phenoxy) is 3. The molecule has 0 radical (unpaired) electrons. The van der Waals surface area contributed by atoms with Crippen LogP contribution in [0.2, 0.25) is 0 Å². The van der Waals surface area contributed by atoms with Crippen LogP contribution >= 0.6 is 0 Å². The van der Waals surface area contributed by atoms with Crippen molar-refractivity contribution < 1.29 is 19.0 Å². The van der Waals surface area contributed by atoms with Gasteiger partial charge in [-0.2, -0.15) is 0 Å². The number of cyclic esters (lactones) is 1. The molecular weight excluding hydrogens is 220 g/mol. The number of carbonyl (C=O) groups is 1. The Kier molecular flexibility index (Phi) is 3.43. The third-order valence-corrected chi connectivity index (χ3v) is 3.83. The van der Waals surface area contributed by atoms with Gasteiger partial charge in [0.25, 0.3) is 0 Å². The van der Waals surface area contributed by atoms with E-state index in [2.05, 4.69) is 13.5 Å². The zero-order chi connectivity index (χ0) is 12.6. The molecule has 0 aromatic carbocycles. The summed E-state index contributed by atoms with van der Waals surface area (Å²) < 4.78 is 16.6. The minimum absolute atomic E-state index is 0.0525. The summed E-state index contributed by atoms with van der Waals surface area (Å²) in [5, 5.41) is 0. The number of hydrogen-bond donors (Lipinski definition) is 0. The minimum atomic E-state index is -0.150. The van der Waals surface area contributed by atoms with E-state index in [4.69, 9.17) is 14.2 Å². The third-order valence-electron chi connectivity index (χ3n) is 3.83. The lowest BCUT2D eigenvalue weighted by atomic mass is 9.84. The van der Waals surface area contributed by atoms with Crippen LogP contribution in [-0.2, 0) is 19.0 Å². The lowest BCUT2D eigenvalue weighted by molar-refractivity contribution is -0.148. The maximum Gasteiger partial charge on any atom is 0.312 e. The Morgan fingerprint density at radius 1 is 1.59 bits per heavy atom. The van der Waals surface area contributed by atoms with E-state index in [1.54, 1.807) is 0 Å². The fourth-order valence-electron chi connectivity index (χ4n) is 3.03. The molecule has 0 aromatic heterocycles. The topological polar surface area (TPSA) is 44.8 Å². The van der Waals surface area contributed by atoms with Crippen molar-refractivity contribution in [1.82, 2.24) is 0 Å². The van der Waals surface area contributed by atoms with E-state index in [-0.39, 0.29) is 42.2 Å². The van der Waals surface area contributed by atoms with Crippen molar-refractivity contribution >= 4 is 5.97 Å². The molecule has 0 saturated carbocycles. The average Bonchev–Trinajstić information content (AvgIpc) is 2.79. The first-order valence-electron chi connectivity index (χ1n) is 6.22. The molecule has 0 spiro atoms. The maximum atomic E-state index is 11.8. The fourth-order valence-corrected chi connectivity index (χ4v) is 3.03. The maximum absolute atomic E-state index is 11.8. The molecule has 17 heavy (non-hydrogen) atoms. The number of esters is 1. The van der Waals surface area contributed by atoms with Crippen LogP contribution in [0.5, 0.6) is 0 Å². The molecule has 2 aliphatic heterocycles. The van der Waals surface area contributed by atoms with Gasteiger partial charge in [-0.05, 0) is 20.3 Å². The van der Waals surface area contributed by atoms with Gasteiger partial charge in [0.05, 0.1) is 18.3 Å². The van der Waals surface area contributed by atoms with E-state index in [1.165, 1.54) is 6.26 Å². The standard InChI is InChI=1S/C13H20O4/c1-5-9-10-12(8(4)16-13(10)14)17-11(9)7(3)15-6-2/h6-12H,2,5H2,1,3-4H3. The second-order valence-corrected chi connectivity index (χ2v) is 4.81. The van der Waals surface area contributed by atoms with E-state index in [0.717, 1.165) is 6.42 Å². The fraction of sp³-hybridized carbons (Fsp3) is 0.769. The van der Waals surface area contributed by atoms with Gasteiger partial charge in [-0.15, -0.1) is 0 Å². The Morgan fingerprint density at radius 3 is 2.88 bits per heavy atom. The zero-order valence-electron chi connectivity index (χ0n) is 10.6. The van der Waals surface area contributed by atoms with Gasteiger partial charge in [0.2, 0.25) is 0 Å². The first-order valence-corrected chi connectivity index (χ1v) is 6.22. The summed E-state index contributed by atoms with van der Waals surface area (Å²) in [5.41, 5.74) is 0. The van der Waals surface area contributed by atoms with Gasteiger partial charge < -0.3 is 14.2 Å². The van der Waals surface area contributed by atoms with E-state index in [1.807, 2.05) is 13.8 Å². The highest BCUT2D eigenvalue weighted by molar-refractivity contribution is 5.76.